The molecule has 0 radical (unpaired) electrons. The van der Waals surface area contributed by atoms with E-state index >= 15 is 0 Å². The zero-order chi connectivity index (χ0) is 17.8. The fourth-order valence-electron chi connectivity index (χ4n) is 3.40. The molecule has 1 aliphatic rings. The zero-order valence-corrected chi connectivity index (χ0v) is 15.0. The van der Waals surface area contributed by atoms with E-state index in [0.717, 1.165) is 48.9 Å². The van der Waals surface area contributed by atoms with Crippen LogP contribution in [0.2, 0.25) is 0 Å². The van der Waals surface area contributed by atoms with Crippen molar-refractivity contribution in [2.45, 2.75) is 19.8 Å². The van der Waals surface area contributed by atoms with E-state index in [1.165, 1.54) is 5.56 Å². The molecular formula is C20H23N3O2. The molecule has 2 aromatic rings. The summed E-state index contributed by atoms with van der Waals surface area (Å²) in [5, 5.41) is 9.34. The third-order valence-electron chi connectivity index (χ3n) is 4.69. The molecule has 5 nitrogen and oxygen atoms in total. The van der Waals surface area contributed by atoms with Crippen LogP contribution in [0.1, 0.15) is 23.2 Å². The van der Waals surface area contributed by atoms with E-state index in [1.54, 1.807) is 14.2 Å². The summed E-state index contributed by atoms with van der Waals surface area (Å²) in [6.45, 7) is 3.81. The van der Waals surface area contributed by atoms with Gasteiger partial charge in [-0.1, -0.05) is 6.07 Å². The van der Waals surface area contributed by atoms with Gasteiger partial charge in [0.1, 0.15) is 11.9 Å². The molecule has 2 heterocycles. The summed E-state index contributed by atoms with van der Waals surface area (Å²) in [4.78, 5) is 6.82. The lowest BCUT2D eigenvalue weighted by atomic mass is 9.98. The molecule has 1 saturated heterocycles. The Labute approximate surface area is 148 Å². The first kappa shape index (κ1) is 17.1. The first-order valence-corrected chi connectivity index (χ1v) is 8.48. The van der Waals surface area contributed by atoms with E-state index in [-0.39, 0.29) is 0 Å². The number of aromatic nitrogens is 1. The van der Waals surface area contributed by atoms with Gasteiger partial charge in [0.15, 0.2) is 11.5 Å². The molecular weight excluding hydrogens is 314 g/mol. The van der Waals surface area contributed by atoms with Gasteiger partial charge in [0.25, 0.3) is 0 Å². The molecule has 1 atom stereocenters. The van der Waals surface area contributed by atoms with Crippen LogP contribution in [-0.2, 0) is 6.42 Å². The van der Waals surface area contributed by atoms with Crippen molar-refractivity contribution < 1.29 is 9.47 Å². The number of hydrogen-bond donors (Lipinski definition) is 0. The van der Waals surface area contributed by atoms with Crippen LogP contribution in [0.25, 0.3) is 0 Å². The van der Waals surface area contributed by atoms with Gasteiger partial charge in [-0.05, 0) is 55.5 Å². The Morgan fingerprint density at radius 3 is 2.72 bits per heavy atom. The fraction of sp³-hybridized carbons (Fsp3) is 0.400. The standard InChI is InChI=1S/C20H23N3O2/c1-14-4-6-17(12-21)20(22-14)23-9-8-16(13-23)10-15-5-7-18(24-2)19(11-15)25-3/h4-7,11,16H,8-10,13H2,1-3H3. The van der Waals surface area contributed by atoms with E-state index in [0.29, 0.717) is 11.5 Å². The summed E-state index contributed by atoms with van der Waals surface area (Å²) in [5.41, 5.74) is 2.83. The summed E-state index contributed by atoms with van der Waals surface area (Å²) in [5.74, 6) is 2.87. The van der Waals surface area contributed by atoms with Gasteiger partial charge in [-0.3, -0.25) is 0 Å². The highest BCUT2D eigenvalue weighted by Gasteiger charge is 2.25. The van der Waals surface area contributed by atoms with E-state index in [4.69, 9.17) is 9.47 Å². The van der Waals surface area contributed by atoms with Gasteiger partial charge >= 0.3 is 0 Å². The maximum absolute atomic E-state index is 9.34. The minimum atomic E-state index is 0.534. The Morgan fingerprint density at radius 1 is 1.20 bits per heavy atom. The lowest BCUT2D eigenvalue weighted by Crippen LogP contribution is -2.22. The minimum absolute atomic E-state index is 0.534. The average molecular weight is 337 g/mol. The van der Waals surface area contributed by atoms with Crippen LogP contribution < -0.4 is 14.4 Å². The number of pyridine rings is 1. The quantitative estimate of drug-likeness (QED) is 0.837. The average Bonchev–Trinajstić information content (AvgIpc) is 3.09. The molecule has 130 valence electrons. The predicted octanol–water partition coefficient (Wildman–Crippen LogP) is 3.35. The molecule has 0 aliphatic carbocycles. The van der Waals surface area contributed by atoms with Crippen LogP contribution in [0.15, 0.2) is 30.3 Å². The maximum atomic E-state index is 9.34. The van der Waals surface area contributed by atoms with Crippen LogP contribution in [0.4, 0.5) is 5.82 Å². The molecule has 0 bridgehead atoms. The highest BCUT2D eigenvalue weighted by atomic mass is 16.5. The highest BCUT2D eigenvalue weighted by Crippen LogP contribution is 2.31. The summed E-state index contributed by atoms with van der Waals surface area (Å²) in [6.07, 6.45) is 2.07. The van der Waals surface area contributed by atoms with Crippen molar-refractivity contribution in [2.24, 2.45) is 5.92 Å². The Kier molecular flexibility index (Phi) is 5.08. The van der Waals surface area contributed by atoms with Crippen molar-refractivity contribution in [1.82, 2.24) is 4.98 Å². The molecule has 0 spiro atoms. The first-order valence-electron chi connectivity index (χ1n) is 8.48. The van der Waals surface area contributed by atoms with E-state index in [9.17, 15) is 5.26 Å². The Balaban J connectivity index is 1.72. The molecule has 5 heteroatoms. The second-order valence-electron chi connectivity index (χ2n) is 6.43. The van der Waals surface area contributed by atoms with Gasteiger partial charge in [-0.2, -0.15) is 5.26 Å². The third-order valence-corrected chi connectivity index (χ3v) is 4.69. The number of aryl methyl sites for hydroxylation is 1. The summed E-state index contributed by atoms with van der Waals surface area (Å²) >= 11 is 0. The number of rotatable bonds is 5. The number of nitrogens with zero attached hydrogens (tertiary/aromatic N) is 3. The van der Waals surface area contributed by atoms with Gasteiger partial charge in [-0.15, -0.1) is 0 Å². The lowest BCUT2D eigenvalue weighted by Gasteiger charge is -2.19. The van der Waals surface area contributed by atoms with Gasteiger partial charge in [-0.25, -0.2) is 4.98 Å². The molecule has 3 rings (SSSR count). The summed E-state index contributed by atoms with van der Waals surface area (Å²) < 4.78 is 10.7. The zero-order valence-electron chi connectivity index (χ0n) is 15.0. The number of nitriles is 1. The van der Waals surface area contributed by atoms with Gasteiger partial charge in [0, 0.05) is 18.8 Å². The molecule has 25 heavy (non-hydrogen) atoms. The van der Waals surface area contributed by atoms with Crippen molar-refractivity contribution in [2.75, 3.05) is 32.2 Å². The molecule has 0 N–H and O–H groups in total. The summed E-state index contributed by atoms with van der Waals surface area (Å²) in [7, 11) is 3.31. The molecule has 1 aromatic carbocycles. The van der Waals surface area contributed by atoms with Crippen LogP contribution >= 0.6 is 0 Å². The van der Waals surface area contributed by atoms with Gasteiger partial charge in [0.05, 0.1) is 19.8 Å². The normalized spacial score (nSPS) is 16.6. The summed E-state index contributed by atoms with van der Waals surface area (Å²) in [6, 6.07) is 12.1. The van der Waals surface area contributed by atoms with E-state index in [2.05, 4.69) is 22.0 Å². The van der Waals surface area contributed by atoms with Crippen LogP contribution in [0.5, 0.6) is 11.5 Å². The number of hydrogen-bond acceptors (Lipinski definition) is 5. The number of benzene rings is 1. The Hall–Kier alpha value is -2.74. The van der Waals surface area contributed by atoms with E-state index in [1.807, 2.05) is 31.2 Å². The Morgan fingerprint density at radius 2 is 2.00 bits per heavy atom. The van der Waals surface area contributed by atoms with Crippen molar-refractivity contribution in [3.05, 3.63) is 47.2 Å². The van der Waals surface area contributed by atoms with E-state index < -0.39 is 0 Å². The first-order chi connectivity index (χ1) is 12.1. The maximum Gasteiger partial charge on any atom is 0.160 e. The van der Waals surface area contributed by atoms with Crippen LogP contribution in [0.3, 0.4) is 0 Å². The van der Waals surface area contributed by atoms with Crippen molar-refractivity contribution >= 4 is 5.82 Å². The topological polar surface area (TPSA) is 58.4 Å². The molecule has 0 amide bonds. The largest absolute Gasteiger partial charge is 0.493 e. The number of methoxy groups -OCH3 is 2. The molecule has 1 aromatic heterocycles. The lowest BCUT2D eigenvalue weighted by molar-refractivity contribution is 0.354. The van der Waals surface area contributed by atoms with Crippen molar-refractivity contribution in [3.8, 4) is 17.6 Å². The minimum Gasteiger partial charge on any atom is -0.493 e. The molecule has 0 saturated carbocycles. The van der Waals surface area contributed by atoms with Crippen LogP contribution in [-0.4, -0.2) is 32.3 Å². The number of anilines is 1. The Bertz CT molecular complexity index is 798. The van der Waals surface area contributed by atoms with Crippen molar-refractivity contribution in [3.63, 3.8) is 0 Å². The second-order valence-corrected chi connectivity index (χ2v) is 6.43. The van der Waals surface area contributed by atoms with Gasteiger partial charge < -0.3 is 14.4 Å². The van der Waals surface area contributed by atoms with Crippen molar-refractivity contribution in [1.29, 1.82) is 5.26 Å². The monoisotopic (exact) mass is 337 g/mol. The van der Waals surface area contributed by atoms with Crippen LogP contribution in [0, 0.1) is 24.2 Å². The second kappa shape index (κ2) is 7.43. The molecule has 1 aliphatic heterocycles. The molecule has 1 unspecified atom stereocenters. The smallest absolute Gasteiger partial charge is 0.160 e. The predicted molar refractivity (Wildman–Crippen MR) is 97.3 cm³/mol. The number of ether oxygens (including phenoxy) is 2. The fourth-order valence-corrected chi connectivity index (χ4v) is 3.40. The van der Waals surface area contributed by atoms with Gasteiger partial charge in [0.2, 0.25) is 0 Å². The third kappa shape index (κ3) is 3.69. The highest BCUT2D eigenvalue weighted by molar-refractivity contribution is 5.55. The molecule has 1 fully saturated rings. The SMILES string of the molecule is COc1ccc(CC2CCN(c3nc(C)ccc3C#N)C2)cc1OC.